The molecule has 1 atom stereocenters. The van der Waals surface area contributed by atoms with Crippen molar-refractivity contribution in [1.29, 1.82) is 5.26 Å². The minimum absolute atomic E-state index is 0.114. The van der Waals surface area contributed by atoms with E-state index in [4.69, 9.17) is 5.26 Å². The number of nitrogens with zero attached hydrogens (tertiary/aromatic N) is 1. The summed E-state index contributed by atoms with van der Waals surface area (Å²) in [6.07, 6.45) is 5.73. The topological polar surface area (TPSA) is 52.9 Å². The SMILES string of the molecule is N#CC(NC(=O)c1cccs1)C1CCCCC1. The van der Waals surface area contributed by atoms with Crippen LogP contribution in [0.4, 0.5) is 0 Å². The molecule has 0 saturated heterocycles. The van der Waals surface area contributed by atoms with E-state index in [0.29, 0.717) is 10.8 Å². The van der Waals surface area contributed by atoms with Gasteiger partial charge in [-0.05, 0) is 30.2 Å². The quantitative estimate of drug-likeness (QED) is 0.894. The molecule has 1 aromatic heterocycles. The van der Waals surface area contributed by atoms with Gasteiger partial charge < -0.3 is 5.32 Å². The third kappa shape index (κ3) is 3.07. The van der Waals surface area contributed by atoms with Crippen molar-refractivity contribution in [3.63, 3.8) is 0 Å². The van der Waals surface area contributed by atoms with Crippen LogP contribution in [-0.2, 0) is 0 Å². The molecule has 4 heteroatoms. The molecule has 17 heavy (non-hydrogen) atoms. The zero-order valence-corrected chi connectivity index (χ0v) is 10.5. The third-order valence-corrected chi connectivity index (χ3v) is 4.16. The fourth-order valence-electron chi connectivity index (χ4n) is 2.34. The summed E-state index contributed by atoms with van der Waals surface area (Å²) in [6, 6.07) is 5.54. The Morgan fingerprint density at radius 3 is 2.82 bits per heavy atom. The summed E-state index contributed by atoms with van der Waals surface area (Å²) in [5, 5.41) is 13.9. The number of nitrogens with one attached hydrogen (secondary N) is 1. The Balaban J connectivity index is 1.95. The van der Waals surface area contributed by atoms with Crippen LogP contribution in [0.2, 0.25) is 0 Å². The molecule has 1 aromatic rings. The molecular weight excluding hydrogens is 232 g/mol. The highest BCUT2D eigenvalue weighted by atomic mass is 32.1. The maximum atomic E-state index is 11.9. The van der Waals surface area contributed by atoms with Crippen LogP contribution >= 0.6 is 11.3 Å². The Morgan fingerprint density at radius 2 is 2.24 bits per heavy atom. The predicted octanol–water partition coefficient (Wildman–Crippen LogP) is 2.95. The van der Waals surface area contributed by atoms with Gasteiger partial charge in [0.25, 0.3) is 5.91 Å². The van der Waals surface area contributed by atoms with Crippen molar-refractivity contribution in [2.24, 2.45) is 5.92 Å². The van der Waals surface area contributed by atoms with Gasteiger partial charge in [0.05, 0.1) is 10.9 Å². The van der Waals surface area contributed by atoms with Gasteiger partial charge in [0.1, 0.15) is 6.04 Å². The van der Waals surface area contributed by atoms with Crippen LogP contribution < -0.4 is 5.32 Å². The van der Waals surface area contributed by atoms with E-state index in [1.54, 1.807) is 6.07 Å². The van der Waals surface area contributed by atoms with Crippen molar-refractivity contribution < 1.29 is 4.79 Å². The molecule has 1 unspecified atom stereocenters. The minimum atomic E-state index is -0.329. The van der Waals surface area contributed by atoms with Crippen LogP contribution in [0, 0.1) is 17.2 Å². The molecule has 0 bridgehead atoms. The number of carbonyl (C=O) groups excluding carboxylic acids is 1. The van der Waals surface area contributed by atoms with Crippen molar-refractivity contribution in [2.45, 2.75) is 38.1 Å². The van der Waals surface area contributed by atoms with E-state index in [2.05, 4.69) is 11.4 Å². The van der Waals surface area contributed by atoms with Crippen molar-refractivity contribution in [1.82, 2.24) is 5.32 Å². The molecule has 90 valence electrons. The van der Waals surface area contributed by atoms with Crippen molar-refractivity contribution in [3.8, 4) is 6.07 Å². The molecule has 1 N–H and O–H groups in total. The Kier molecular flexibility index (Phi) is 4.16. The van der Waals surface area contributed by atoms with Crippen molar-refractivity contribution in [3.05, 3.63) is 22.4 Å². The Morgan fingerprint density at radius 1 is 1.47 bits per heavy atom. The van der Waals surface area contributed by atoms with Gasteiger partial charge in [-0.1, -0.05) is 25.3 Å². The van der Waals surface area contributed by atoms with Gasteiger partial charge in [-0.25, -0.2) is 0 Å². The first-order valence-corrected chi connectivity index (χ1v) is 6.93. The summed E-state index contributed by atoms with van der Waals surface area (Å²) < 4.78 is 0. The van der Waals surface area contributed by atoms with E-state index < -0.39 is 0 Å². The second-order valence-corrected chi connectivity index (χ2v) is 5.40. The van der Waals surface area contributed by atoms with E-state index in [1.165, 1.54) is 30.6 Å². The van der Waals surface area contributed by atoms with Crippen molar-refractivity contribution >= 4 is 17.2 Å². The molecular formula is C13H16N2OS. The normalized spacial score (nSPS) is 18.3. The Hall–Kier alpha value is -1.34. The highest BCUT2D eigenvalue weighted by Crippen LogP contribution is 2.26. The first-order chi connectivity index (χ1) is 8.31. The Labute approximate surface area is 105 Å². The van der Waals surface area contributed by atoms with Crippen molar-refractivity contribution in [2.75, 3.05) is 0 Å². The smallest absolute Gasteiger partial charge is 0.262 e. The van der Waals surface area contributed by atoms with E-state index in [1.807, 2.05) is 11.4 Å². The number of rotatable bonds is 3. The average Bonchev–Trinajstić information content (AvgIpc) is 2.90. The minimum Gasteiger partial charge on any atom is -0.335 e. The zero-order valence-electron chi connectivity index (χ0n) is 9.69. The number of hydrogen-bond donors (Lipinski definition) is 1. The third-order valence-electron chi connectivity index (χ3n) is 3.29. The first-order valence-electron chi connectivity index (χ1n) is 6.05. The summed E-state index contributed by atoms with van der Waals surface area (Å²) in [4.78, 5) is 12.5. The fourth-order valence-corrected chi connectivity index (χ4v) is 2.97. The highest BCUT2D eigenvalue weighted by molar-refractivity contribution is 7.12. The standard InChI is InChI=1S/C13H16N2OS/c14-9-11(10-5-2-1-3-6-10)15-13(16)12-7-4-8-17-12/h4,7-8,10-11H,1-3,5-6H2,(H,15,16). The summed E-state index contributed by atoms with van der Waals surface area (Å²) in [7, 11) is 0. The molecule has 0 spiro atoms. The lowest BCUT2D eigenvalue weighted by molar-refractivity contribution is 0.0933. The van der Waals surface area contributed by atoms with Crippen LogP contribution in [0.25, 0.3) is 0 Å². The molecule has 1 aliphatic carbocycles. The van der Waals surface area contributed by atoms with Crippen LogP contribution in [-0.4, -0.2) is 11.9 Å². The lowest BCUT2D eigenvalue weighted by Gasteiger charge is -2.26. The van der Waals surface area contributed by atoms with Gasteiger partial charge in [-0.15, -0.1) is 11.3 Å². The van der Waals surface area contributed by atoms with E-state index >= 15 is 0 Å². The van der Waals surface area contributed by atoms with Crippen LogP contribution in [0.15, 0.2) is 17.5 Å². The summed E-state index contributed by atoms with van der Waals surface area (Å²) in [5.74, 6) is 0.217. The molecule has 1 heterocycles. The van der Waals surface area contributed by atoms with E-state index in [-0.39, 0.29) is 11.9 Å². The molecule has 1 aliphatic rings. The molecule has 1 fully saturated rings. The maximum Gasteiger partial charge on any atom is 0.262 e. The van der Waals surface area contributed by atoms with Crippen LogP contribution in [0.5, 0.6) is 0 Å². The molecule has 0 aliphatic heterocycles. The lowest BCUT2D eigenvalue weighted by Crippen LogP contribution is -2.39. The number of hydrogen-bond acceptors (Lipinski definition) is 3. The summed E-state index contributed by atoms with van der Waals surface area (Å²) in [5.41, 5.74) is 0. The largest absolute Gasteiger partial charge is 0.335 e. The van der Waals surface area contributed by atoms with Gasteiger partial charge >= 0.3 is 0 Å². The van der Waals surface area contributed by atoms with Gasteiger partial charge in [-0.3, -0.25) is 4.79 Å². The summed E-state index contributed by atoms with van der Waals surface area (Å²) >= 11 is 1.41. The van der Waals surface area contributed by atoms with Gasteiger partial charge in [-0.2, -0.15) is 5.26 Å². The number of nitriles is 1. The Bertz CT molecular complexity index is 402. The summed E-state index contributed by atoms with van der Waals surface area (Å²) in [6.45, 7) is 0. The first kappa shape index (κ1) is 12.1. The molecule has 0 aromatic carbocycles. The number of thiophene rings is 1. The van der Waals surface area contributed by atoms with Crippen LogP contribution in [0.1, 0.15) is 41.8 Å². The molecule has 1 amide bonds. The molecule has 3 nitrogen and oxygen atoms in total. The van der Waals surface area contributed by atoms with E-state index in [9.17, 15) is 4.79 Å². The van der Waals surface area contributed by atoms with Gasteiger partial charge in [0.2, 0.25) is 0 Å². The molecule has 2 rings (SSSR count). The second-order valence-electron chi connectivity index (χ2n) is 4.46. The predicted molar refractivity (Wildman–Crippen MR) is 67.8 cm³/mol. The second kappa shape index (κ2) is 5.83. The lowest BCUT2D eigenvalue weighted by atomic mass is 9.84. The zero-order chi connectivity index (χ0) is 12.1. The monoisotopic (exact) mass is 248 g/mol. The molecule has 0 radical (unpaired) electrons. The fraction of sp³-hybridized carbons (Fsp3) is 0.538. The maximum absolute atomic E-state index is 11.9. The average molecular weight is 248 g/mol. The number of amides is 1. The van der Waals surface area contributed by atoms with Crippen LogP contribution in [0.3, 0.4) is 0 Å². The van der Waals surface area contributed by atoms with E-state index in [0.717, 1.165) is 12.8 Å². The highest BCUT2D eigenvalue weighted by Gasteiger charge is 2.25. The number of carbonyl (C=O) groups is 1. The molecule has 1 saturated carbocycles. The van der Waals surface area contributed by atoms with Gasteiger partial charge in [0.15, 0.2) is 0 Å². The van der Waals surface area contributed by atoms with Gasteiger partial charge in [0, 0.05) is 0 Å².